The Morgan fingerprint density at radius 2 is 2.00 bits per heavy atom. The molecule has 0 saturated carbocycles. The molecule has 0 aliphatic carbocycles. The zero-order chi connectivity index (χ0) is 16.1. The van der Waals surface area contributed by atoms with Crippen molar-refractivity contribution in [3.8, 4) is 17.4 Å². The predicted molar refractivity (Wildman–Crippen MR) is 78.0 cm³/mol. The van der Waals surface area contributed by atoms with Gasteiger partial charge in [-0.2, -0.15) is 0 Å². The number of halogens is 2. The molecule has 7 heteroatoms. The van der Waals surface area contributed by atoms with Gasteiger partial charge in [-0.15, -0.1) is 0 Å². The first-order chi connectivity index (χ1) is 10.5. The molecule has 1 heterocycles. The molecule has 2 aromatic rings. The van der Waals surface area contributed by atoms with Crippen molar-refractivity contribution in [1.82, 2.24) is 4.98 Å². The van der Waals surface area contributed by atoms with E-state index in [1.807, 2.05) is 0 Å². The van der Waals surface area contributed by atoms with Gasteiger partial charge in [0.1, 0.15) is 28.9 Å². The van der Waals surface area contributed by atoms with Crippen LogP contribution in [0.3, 0.4) is 0 Å². The molecule has 0 radical (unpaired) electrons. The minimum atomic E-state index is -0.919. The molecular formula is C15H13ClFNO4. The molecule has 0 saturated heterocycles. The summed E-state index contributed by atoms with van der Waals surface area (Å²) in [7, 11) is 0. The highest BCUT2D eigenvalue weighted by Crippen LogP contribution is 2.28. The van der Waals surface area contributed by atoms with Crippen molar-refractivity contribution in [2.24, 2.45) is 5.92 Å². The van der Waals surface area contributed by atoms with Crippen LogP contribution < -0.4 is 9.47 Å². The maximum Gasteiger partial charge on any atom is 0.309 e. The Kier molecular flexibility index (Phi) is 5.16. The third-order valence-corrected chi connectivity index (χ3v) is 3.00. The molecule has 1 unspecified atom stereocenters. The summed E-state index contributed by atoms with van der Waals surface area (Å²) >= 11 is 5.82. The Bertz CT molecular complexity index is 663. The van der Waals surface area contributed by atoms with Crippen LogP contribution in [0.2, 0.25) is 5.02 Å². The van der Waals surface area contributed by atoms with E-state index in [0.29, 0.717) is 11.5 Å². The number of benzene rings is 1. The topological polar surface area (TPSA) is 68.7 Å². The lowest BCUT2D eigenvalue weighted by Crippen LogP contribution is -2.17. The number of hydrogen-bond donors (Lipinski definition) is 1. The van der Waals surface area contributed by atoms with E-state index in [2.05, 4.69) is 4.98 Å². The van der Waals surface area contributed by atoms with E-state index >= 15 is 0 Å². The second kappa shape index (κ2) is 7.09. The van der Waals surface area contributed by atoms with Crippen molar-refractivity contribution in [2.75, 3.05) is 6.61 Å². The smallest absolute Gasteiger partial charge is 0.309 e. The molecule has 0 fully saturated rings. The van der Waals surface area contributed by atoms with Crippen molar-refractivity contribution in [3.63, 3.8) is 0 Å². The first kappa shape index (κ1) is 16.0. The van der Waals surface area contributed by atoms with Crippen LogP contribution in [-0.2, 0) is 4.79 Å². The summed E-state index contributed by atoms with van der Waals surface area (Å²) in [4.78, 5) is 14.4. The molecule has 1 aromatic carbocycles. The van der Waals surface area contributed by atoms with E-state index in [1.165, 1.54) is 0 Å². The van der Waals surface area contributed by atoms with Crippen LogP contribution in [-0.4, -0.2) is 22.7 Å². The van der Waals surface area contributed by atoms with E-state index < -0.39 is 17.7 Å². The van der Waals surface area contributed by atoms with Crippen molar-refractivity contribution >= 4 is 17.6 Å². The van der Waals surface area contributed by atoms with Crippen molar-refractivity contribution in [1.29, 1.82) is 0 Å². The van der Waals surface area contributed by atoms with Gasteiger partial charge in [-0.3, -0.25) is 4.79 Å². The number of carbonyl (C=O) groups is 1. The fourth-order valence-electron chi connectivity index (χ4n) is 1.49. The highest BCUT2D eigenvalue weighted by molar-refractivity contribution is 6.31. The third kappa shape index (κ3) is 4.33. The van der Waals surface area contributed by atoms with Crippen molar-refractivity contribution < 1.29 is 23.8 Å². The summed E-state index contributed by atoms with van der Waals surface area (Å²) in [5.41, 5.74) is 0. The minimum Gasteiger partial charge on any atom is -0.493 e. The van der Waals surface area contributed by atoms with Crippen LogP contribution in [0.15, 0.2) is 36.5 Å². The summed E-state index contributed by atoms with van der Waals surface area (Å²) in [6, 6.07) is 7.58. The van der Waals surface area contributed by atoms with E-state index in [1.54, 1.807) is 31.2 Å². The lowest BCUT2D eigenvalue weighted by Gasteiger charge is -2.10. The molecule has 0 spiro atoms. The first-order valence-electron chi connectivity index (χ1n) is 6.40. The standard InChI is InChI=1S/C15H13ClFNO4/c1-9(15(19)20)8-21-11-2-4-12(5-3-11)22-14-13(16)6-10(17)7-18-14/h2-7,9H,8H2,1H3,(H,19,20). The van der Waals surface area contributed by atoms with E-state index in [-0.39, 0.29) is 17.5 Å². The average Bonchev–Trinajstić information content (AvgIpc) is 2.49. The second-order valence-corrected chi connectivity index (χ2v) is 4.97. The molecule has 1 aromatic heterocycles. The Hall–Kier alpha value is -2.34. The molecule has 0 amide bonds. The maximum absolute atomic E-state index is 12.9. The van der Waals surface area contributed by atoms with Crippen molar-refractivity contribution in [2.45, 2.75) is 6.92 Å². The molecule has 116 valence electrons. The number of aliphatic carboxylic acids is 1. The zero-order valence-electron chi connectivity index (χ0n) is 11.6. The van der Waals surface area contributed by atoms with E-state index in [0.717, 1.165) is 12.3 Å². The summed E-state index contributed by atoms with van der Waals surface area (Å²) < 4.78 is 23.7. The number of carboxylic acids is 1. The monoisotopic (exact) mass is 325 g/mol. The van der Waals surface area contributed by atoms with Crippen LogP contribution in [0, 0.1) is 11.7 Å². The van der Waals surface area contributed by atoms with Crippen LogP contribution in [0.5, 0.6) is 17.4 Å². The number of pyridine rings is 1. The molecule has 0 aliphatic heterocycles. The maximum atomic E-state index is 12.9. The van der Waals surface area contributed by atoms with E-state index in [9.17, 15) is 9.18 Å². The fourth-order valence-corrected chi connectivity index (χ4v) is 1.68. The molecular weight excluding hydrogens is 313 g/mol. The molecule has 2 rings (SSSR count). The van der Waals surface area contributed by atoms with Gasteiger partial charge >= 0.3 is 5.97 Å². The molecule has 22 heavy (non-hydrogen) atoms. The zero-order valence-corrected chi connectivity index (χ0v) is 12.4. The fraction of sp³-hybridized carbons (Fsp3) is 0.200. The quantitative estimate of drug-likeness (QED) is 0.875. The number of carboxylic acid groups (broad SMARTS) is 1. The van der Waals surface area contributed by atoms with Crippen LogP contribution in [0.4, 0.5) is 4.39 Å². The Labute approximate surface area is 131 Å². The molecule has 1 atom stereocenters. The Balaban J connectivity index is 1.98. The highest BCUT2D eigenvalue weighted by atomic mass is 35.5. The van der Waals surface area contributed by atoms with Gasteiger partial charge in [0.25, 0.3) is 0 Å². The molecule has 1 N–H and O–H groups in total. The lowest BCUT2D eigenvalue weighted by atomic mass is 10.2. The minimum absolute atomic E-state index is 0.0654. The lowest BCUT2D eigenvalue weighted by molar-refractivity contribution is -0.142. The number of ether oxygens (including phenoxy) is 2. The Morgan fingerprint density at radius 1 is 1.36 bits per heavy atom. The van der Waals surface area contributed by atoms with Gasteiger partial charge in [0.05, 0.1) is 12.1 Å². The summed E-state index contributed by atoms with van der Waals surface area (Å²) in [5.74, 6) is -1.02. The predicted octanol–water partition coefficient (Wildman–Crippen LogP) is 3.77. The third-order valence-electron chi connectivity index (χ3n) is 2.73. The molecule has 0 aliphatic rings. The summed E-state index contributed by atoms with van der Waals surface area (Å²) in [6.45, 7) is 1.63. The normalized spacial score (nSPS) is 11.8. The molecule has 0 bridgehead atoms. The number of rotatable bonds is 6. The van der Waals surface area contributed by atoms with Crippen LogP contribution in [0.1, 0.15) is 6.92 Å². The summed E-state index contributed by atoms with van der Waals surface area (Å²) in [5, 5.41) is 8.83. The largest absolute Gasteiger partial charge is 0.493 e. The van der Waals surface area contributed by atoms with E-state index in [4.69, 9.17) is 26.2 Å². The van der Waals surface area contributed by atoms with Gasteiger partial charge < -0.3 is 14.6 Å². The van der Waals surface area contributed by atoms with Crippen molar-refractivity contribution in [3.05, 3.63) is 47.4 Å². The van der Waals surface area contributed by atoms with Crippen LogP contribution >= 0.6 is 11.6 Å². The van der Waals surface area contributed by atoms with Gasteiger partial charge in [-0.1, -0.05) is 11.6 Å². The molecule has 5 nitrogen and oxygen atoms in total. The second-order valence-electron chi connectivity index (χ2n) is 4.56. The summed E-state index contributed by atoms with van der Waals surface area (Å²) in [6.07, 6.45) is 1.01. The Morgan fingerprint density at radius 3 is 2.59 bits per heavy atom. The van der Waals surface area contributed by atoms with Gasteiger partial charge in [0, 0.05) is 0 Å². The van der Waals surface area contributed by atoms with Gasteiger partial charge in [0.2, 0.25) is 5.88 Å². The van der Waals surface area contributed by atoms with Gasteiger partial charge in [-0.25, -0.2) is 9.37 Å². The average molecular weight is 326 g/mol. The SMILES string of the molecule is CC(COc1ccc(Oc2ncc(F)cc2Cl)cc1)C(=O)O. The number of nitrogens with zero attached hydrogens (tertiary/aromatic N) is 1. The number of hydrogen-bond acceptors (Lipinski definition) is 4. The highest BCUT2D eigenvalue weighted by Gasteiger charge is 2.11. The van der Waals surface area contributed by atoms with Gasteiger partial charge in [-0.05, 0) is 37.3 Å². The first-order valence-corrected chi connectivity index (χ1v) is 6.78. The van der Waals surface area contributed by atoms with Crippen LogP contribution in [0.25, 0.3) is 0 Å². The number of aromatic nitrogens is 1. The van der Waals surface area contributed by atoms with Gasteiger partial charge in [0.15, 0.2) is 0 Å².